The number of aliphatic hydroxyl groups excluding tert-OH is 1. The van der Waals surface area contributed by atoms with E-state index in [9.17, 15) is 14.7 Å². The SMILES string of the molecule is C=C1C(=O)O[C@@H]2/C=C(\C=O)CC/C=C(\C)C[C@H](O)[C@@H]12. The standard InChI is InChI=1S/C15H18O4/c1-9-4-3-5-11(8-16)7-13-14(12(17)6-9)10(2)15(18)19-13/h4,7-8,12-14,17H,2-3,5-6H2,1H3/b9-4+,11-7-/t12-,13+,14+/m0/s1. The fraction of sp³-hybridized carbons (Fsp3) is 0.467. The summed E-state index contributed by atoms with van der Waals surface area (Å²) in [7, 11) is 0. The molecule has 2 aliphatic rings. The van der Waals surface area contributed by atoms with E-state index in [1.807, 2.05) is 13.0 Å². The third-order valence-electron chi connectivity index (χ3n) is 3.66. The van der Waals surface area contributed by atoms with Crippen molar-refractivity contribution in [2.24, 2.45) is 5.92 Å². The first-order valence-electron chi connectivity index (χ1n) is 6.42. The van der Waals surface area contributed by atoms with Gasteiger partial charge in [0.25, 0.3) is 0 Å². The zero-order valence-corrected chi connectivity index (χ0v) is 11.0. The Balaban J connectivity index is 2.37. The van der Waals surface area contributed by atoms with E-state index in [4.69, 9.17) is 4.74 Å². The highest BCUT2D eigenvalue weighted by atomic mass is 16.6. The lowest BCUT2D eigenvalue weighted by molar-refractivity contribution is -0.137. The van der Waals surface area contributed by atoms with Crippen LogP contribution in [-0.4, -0.2) is 29.6 Å². The van der Waals surface area contributed by atoms with Crippen molar-refractivity contribution in [3.05, 3.63) is 35.5 Å². The summed E-state index contributed by atoms with van der Waals surface area (Å²) in [4.78, 5) is 22.6. The normalized spacial score (nSPS) is 37.5. The van der Waals surface area contributed by atoms with Gasteiger partial charge in [-0.15, -0.1) is 0 Å². The van der Waals surface area contributed by atoms with Crippen LogP contribution in [0.25, 0.3) is 0 Å². The molecule has 102 valence electrons. The van der Waals surface area contributed by atoms with E-state index in [1.54, 1.807) is 6.08 Å². The molecule has 0 radical (unpaired) electrons. The summed E-state index contributed by atoms with van der Waals surface area (Å²) >= 11 is 0. The van der Waals surface area contributed by atoms with Gasteiger partial charge in [-0.1, -0.05) is 18.2 Å². The summed E-state index contributed by atoms with van der Waals surface area (Å²) in [5, 5.41) is 10.3. The molecule has 1 saturated heterocycles. The summed E-state index contributed by atoms with van der Waals surface area (Å²) in [6.45, 7) is 5.64. The van der Waals surface area contributed by atoms with Gasteiger partial charge in [0.15, 0.2) is 0 Å². The van der Waals surface area contributed by atoms with Crippen molar-refractivity contribution in [2.75, 3.05) is 0 Å². The van der Waals surface area contributed by atoms with E-state index in [2.05, 4.69) is 6.58 Å². The number of carbonyl (C=O) groups is 2. The Hall–Kier alpha value is -1.68. The van der Waals surface area contributed by atoms with E-state index >= 15 is 0 Å². The first-order chi connectivity index (χ1) is 9.02. The zero-order valence-electron chi connectivity index (χ0n) is 11.0. The lowest BCUT2D eigenvalue weighted by Crippen LogP contribution is -2.29. The lowest BCUT2D eigenvalue weighted by atomic mass is 9.85. The third kappa shape index (κ3) is 2.84. The van der Waals surface area contributed by atoms with E-state index in [0.29, 0.717) is 18.4 Å². The number of hydrogen-bond acceptors (Lipinski definition) is 4. The maximum Gasteiger partial charge on any atom is 0.334 e. The number of esters is 1. The molecule has 0 bridgehead atoms. The highest BCUT2D eigenvalue weighted by Crippen LogP contribution is 2.34. The van der Waals surface area contributed by atoms with E-state index in [1.165, 1.54) is 0 Å². The van der Waals surface area contributed by atoms with Gasteiger partial charge in [-0.3, -0.25) is 4.79 Å². The van der Waals surface area contributed by atoms with Crippen molar-refractivity contribution in [1.82, 2.24) is 0 Å². The fourth-order valence-electron chi connectivity index (χ4n) is 2.61. The number of rotatable bonds is 1. The Labute approximate surface area is 112 Å². The average molecular weight is 262 g/mol. The van der Waals surface area contributed by atoms with Gasteiger partial charge in [-0.05, 0) is 37.8 Å². The Morgan fingerprint density at radius 3 is 2.95 bits per heavy atom. The molecule has 4 heteroatoms. The van der Waals surface area contributed by atoms with E-state index in [0.717, 1.165) is 18.3 Å². The minimum absolute atomic E-state index is 0.285. The van der Waals surface area contributed by atoms with E-state index < -0.39 is 24.1 Å². The molecule has 19 heavy (non-hydrogen) atoms. The van der Waals surface area contributed by atoms with Crippen molar-refractivity contribution in [3.8, 4) is 0 Å². The molecule has 0 aromatic rings. The maximum absolute atomic E-state index is 11.6. The molecule has 1 fully saturated rings. The molecule has 0 aromatic carbocycles. The van der Waals surface area contributed by atoms with E-state index in [-0.39, 0.29) is 5.57 Å². The molecular weight excluding hydrogens is 244 g/mol. The number of carbonyl (C=O) groups excluding carboxylic acids is 2. The number of hydrogen-bond donors (Lipinski definition) is 1. The van der Waals surface area contributed by atoms with Gasteiger partial charge >= 0.3 is 5.97 Å². The van der Waals surface area contributed by atoms with Gasteiger partial charge in [0.2, 0.25) is 0 Å². The summed E-state index contributed by atoms with van der Waals surface area (Å²) in [5.74, 6) is -0.958. The van der Waals surface area contributed by atoms with Gasteiger partial charge in [0.1, 0.15) is 12.4 Å². The van der Waals surface area contributed by atoms with Gasteiger partial charge in [-0.2, -0.15) is 0 Å². The van der Waals surface area contributed by atoms with Crippen LogP contribution >= 0.6 is 0 Å². The number of aliphatic hydroxyl groups is 1. The van der Waals surface area contributed by atoms with Crippen LogP contribution in [0.4, 0.5) is 0 Å². The van der Waals surface area contributed by atoms with Crippen molar-refractivity contribution >= 4 is 12.3 Å². The van der Waals surface area contributed by atoms with Crippen LogP contribution < -0.4 is 0 Å². The van der Waals surface area contributed by atoms with Crippen molar-refractivity contribution in [2.45, 2.75) is 38.4 Å². The van der Waals surface area contributed by atoms with Crippen molar-refractivity contribution in [3.63, 3.8) is 0 Å². The topological polar surface area (TPSA) is 63.6 Å². The van der Waals surface area contributed by atoms with Crippen LogP contribution in [0, 0.1) is 5.92 Å². The summed E-state index contributed by atoms with van der Waals surface area (Å²) in [5.41, 5.74) is 1.92. The summed E-state index contributed by atoms with van der Waals surface area (Å²) in [6, 6.07) is 0. The maximum atomic E-state index is 11.6. The van der Waals surface area contributed by atoms with Crippen LogP contribution in [0.3, 0.4) is 0 Å². The quantitative estimate of drug-likeness (QED) is 0.338. The van der Waals surface area contributed by atoms with Crippen LogP contribution in [-0.2, 0) is 14.3 Å². The minimum atomic E-state index is -0.720. The summed E-state index contributed by atoms with van der Waals surface area (Å²) in [6.07, 6.45) is 4.99. The Morgan fingerprint density at radius 2 is 2.26 bits per heavy atom. The molecule has 1 aliphatic carbocycles. The average Bonchev–Trinajstić information content (AvgIpc) is 2.63. The highest BCUT2D eigenvalue weighted by Gasteiger charge is 2.42. The van der Waals surface area contributed by atoms with Gasteiger partial charge in [-0.25, -0.2) is 4.79 Å². The van der Waals surface area contributed by atoms with Crippen LogP contribution in [0.2, 0.25) is 0 Å². The highest BCUT2D eigenvalue weighted by molar-refractivity contribution is 5.91. The molecule has 1 aliphatic heterocycles. The molecule has 2 rings (SSSR count). The molecular formula is C15H18O4. The predicted octanol–water partition coefficient (Wildman–Crippen LogP) is 1.70. The van der Waals surface area contributed by atoms with Crippen molar-refractivity contribution < 1.29 is 19.4 Å². The number of allylic oxidation sites excluding steroid dienone is 2. The van der Waals surface area contributed by atoms with Crippen LogP contribution in [0.1, 0.15) is 26.2 Å². The second-order valence-corrected chi connectivity index (χ2v) is 5.14. The Morgan fingerprint density at radius 1 is 1.53 bits per heavy atom. The largest absolute Gasteiger partial charge is 0.454 e. The first kappa shape index (κ1) is 13.7. The van der Waals surface area contributed by atoms with Crippen molar-refractivity contribution in [1.29, 1.82) is 0 Å². The Bertz CT molecular complexity index is 473. The lowest BCUT2D eigenvalue weighted by Gasteiger charge is -2.22. The van der Waals surface area contributed by atoms with Gasteiger partial charge < -0.3 is 9.84 Å². The predicted molar refractivity (Wildman–Crippen MR) is 70.3 cm³/mol. The van der Waals surface area contributed by atoms with Crippen LogP contribution in [0.5, 0.6) is 0 Å². The third-order valence-corrected chi connectivity index (χ3v) is 3.66. The fourth-order valence-corrected chi connectivity index (χ4v) is 2.61. The minimum Gasteiger partial charge on any atom is -0.454 e. The number of fused-ring (bicyclic) bond motifs is 1. The number of ether oxygens (including phenoxy) is 1. The molecule has 0 spiro atoms. The first-order valence-corrected chi connectivity index (χ1v) is 6.42. The molecule has 3 atom stereocenters. The summed E-state index contributed by atoms with van der Waals surface area (Å²) < 4.78 is 5.19. The molecule has 0 aromatic heterocycles. The molecule has 0 amide bonds. The molecule has 1 heterocycles. The molecule has 1 N–H and O–H groups in total. The number of aldehydes is 1. The van der Waals surface area contributed by atoms with Gasteiger partial charge in [0.05, 0.1) is 12.0 Å². The second-order valence-electron chi connectivity index (χ2n) is 5.14. The molecule has 4 nitrogen and oxygen atoms in total. The molecule has 0 saturated carbocycles. The zero-order chi connectivity index (χ0) is 14.0. The monoisotopic (exact) mass is 262 g/mol. The Kier molecular flexibility index (Phi) is 4.00. The smallest absolute Gasteiger partial charge is 0.334 e. The van der Waals surface area contributed by atoms with Crippen LogP contribution in [0.15, 0.2) is 35.5 Å². The molecule has 0 unspecified atom stereocenters. The van der Waals surface area contributed by atoms with Gasteiger partial charge in [0, 0.05) is 5.57 Å². The second kappa shape index (κ2) is 5.53.